The van der Waals surface area contributed by atoms with E-state index in [1.54, 1.807) is 28.1 Å². The molecule has 18 saturated carbocycles. The average molecular weight is 1610 g/mol. The number of hydrogen-bond donors (Lipinski definition) is 0. The number of methoxy groups -OCH3 is 2. The molecule has 0 radical (unpaired) electrons. The second-order valence-corrected chi connectivity index (χ2v) is 45.9. The number of rotatable bonds is 34. The van der Waals surface area contributed by atoms with E-state index in [0.29, 0.717) is 91.8 Å². The van der Waals surface area contributed by atoms with Crippen molar-refractivity contribution < 1.29 is 85.4 Å². The fourth-order valence-electron chi connectivity index (χ4n) is 27.6. The van der Waals surface area contributed by atoms with Gasteiger partial charge in [0.05, 0.1) is 59.0 Å². The molecule has 18 heteroatoms. The van der Waals surface area contributed by atoms with Crippen LogP contribution in [-0.2, 0) is 85.4 Å². The summed E-state index contributed by atoms with van der Waals surface area (Å²) in [6, 6.07) is 0. The third-order valence-corrected chi connectivity index (χ3v) is 30.2. The summed E-state index contributed by atoms with van der Waals surface area (Å²) < 4.78 is 99.1. The van der Waals surface area contributed by atoms with Crippen LogP contribution in [0, 0.1) is 111 Å². The Bertz CT molecular complexity index is 3260. The zero-order valence-corrected chi connectivity index (χ0v) is 75.7. The molecule has 16 bridgehead atoms. The van der Waals surface area contributed by atoms with Crippen molar-refractivity contribution in [2.24, 2.45) is 111 Å². The van der Waals surface area contributed by atoms with E-state index in [2.05, 4.69) is 144 Å². The largest absolute Gasteiger partial charge is 0.456 e. The van der Waals surface area contributed by atoms with Crippen LogP contribution in [0.1, 0.15) is 318 Å². The molecular weight excluding hydrogens is 1450 g/mol. The molecular formula is C97H158O18. The number of hydrogen-bond acceptors (Lipinski definition) is 18. The standard InChI is InChI=1S/C42H64O6.C32H56O6.C23H38O6/c1-23(2)37(43)46-40-17-26-18-41(20-40,47-38(24(3)4)44-35-15-27-13-33(35)31-11-7-9-29(27)31)22-42(19-26,21-40)48-39(25(5)6)45-36-16-28-14-34(36)32-12-8-10-30(28)32;1-21(2)25(33)36-30-13-24-14-31(16-30,37-26(22(3)4)34-19-28(7,8)9)18-32(15-24,17-30)38-27(23(5)6)35-20-29(10,11)12;1-8-18(24)27-21-9-17-10-22(12-21,28-19(25-6)15(2)3)14-23(11-17,13-21)29-20(26-7)16(4)5/h24-36,38-39H,1,7-22H2,2-6H3;22-24,26-27H,1,13-20H2,2-12H3;8,15-17,19-20H,1,9-14H2,2-7H3. The van der Waals surface area contributed by atoms with Crippen molar-refractivity contribution in [3.63, 3.8) is 0 Å². The van der Waals surface area contributed by atoms with Crippen LogP contribution < -0.4 is 0 Å². The highest BCUT2D eigenvalue weighted by atomic mass is 16.7. The summed E-state index contributed by atoms with van der Waals surface area (Å²) >= 11 is 0. The molecule has 0 amide bonds. The SMILES string of the molecule is C=C(C)C(=O)OC12CC3CC(OC(OC4CC5CC4C4CCCC54)C(C)C)(C1)CC(OC(OC1CC4CC1C1CCCC41)C(C)C)(C3)C2.C=C(C)C(=O)OC12CC3CC(OC(OCC(C)(C)C)C(C)C)(C1)CC(OC(OCC(C)(C)C)C(C)C)(C3)C2.C=CC(=O)OC12CC3CC(OC(OC)C(C)C)(C1)CC(OC(OC)C(C)C)(C3)C2. The Labute approximate surface area is 694 Å². The lowest BCUT2D eigenvalue weighted by Gasteiger charge is -2.65. The van der Waals surface area contributed by atoms with Crippen molar-refractivity contribution in [1.29, 1.82) is 0 Å². The first kappa shape index (κ1) is 89.9. The van der Waals surface area contributed by atoms with Gasteiger partial charge in [0.1, 0.15) is 16.8 Å². The molecule has 0 aromatic carbocycles. The number of esters is 3. The number of carbonyl (C=O) groups is 3. The second kappa shape index (κ2) is 34.0. The highest BCUT2D eigenvalue weighted by Crippen LogP contribution is 2.69. The van der Waals surface area contributed by atoms with Crippen LogP contribution in [0.25, 0.3) is 0 Å². The van der Waals surface area contributed by atoms with E-state index in [1.807, 2.05) is 0 Å². The van der Waals surface area contributed by atoms with Crippen molar-refractivity contribution in [2.75, 3.05) is 27.4 Å². The molecule has 22 atom stereocenters. The van der Waals surface area contributed by atoms with Crippen LogP contribution in [0.15, 0.2) is 37.0 Å². The first-order valence-corrected chi connectivity index (χ1v) is 46.1. The van der Waals surface area contributed by atoms with Gasteiger partial charge < -0.3 is 71.1 Å². The molecule has 0 aromatic rings. The minimum atomic E-state index is -0.632. The van der Waals surface area contributed by atoms with Crippen molar-refractivity contribution in [1.82, 2.24) is 0 Å². The Morgan fingerprint density at radius 1 is 0.365 bits per heavy atom. The zero-order chi connectivity index (χ0) is 83.3. The quantitative estimate of drug-likeness (QED) is 0.0256. The van der Waals surface area contributed by atoms with E-state index in [4.69, 9.17) is 71.1 Å². The van der Waals surface area contributed by atoms with Gasteiger partial charge in [-0.3, -0.25) is 0 Å². The average Bonchev–Trinajstić information content (AvgIpc) is 1.46. The Morgan fingerprint density at radius 3 is 0.896 bits per heavy atom. The first-order chi connectivity index (χ1) is 53.8. The molecule has 0 heterocycles. The minimum absolute atomic E-state index is 0.0371. The summed E-state index contributed by atoms with van der Waals surface area (Å²) in [5.41, 5.74) is -3.57. The van der Waals surface area contributed by atoms with Crippen LogP contribution in [0.3, 0.4) is 0 Å². The highest BCUT2D eigenvalue weighted by molar-refractivity contribution is 5.88. The summed E-state index contributed by atoms with van der Waals surface area (Å²) in [7, 11) is 3.37. The molecule has 0 N–H and O–H groups in total. The minimum Gasteiger partial charge on any atom is -0.456 e. The third-order valence-electron chi connectivity index (χ3n) is 30.2. The van der Waals surface area contributed by atoms with Crippen LogP contribution in [0.5, 0.6) is 0 Å². The van der Waals surface area contributed by atoms with Crippen molar-refractivity contribution in [2.45, 2.75) is 419 Å². The summed E-state index contributed by atoms with van der Waals surface area (Å²) in [6.07, 6.45) is 28.4. The Hall–Kier alpha value is -2.85. The van der Waals surface area contributed by atoms with Gasteiger partial charge in [0.25, 0.3) is 0 Å². The lowest BCUT2D eigenvalue weighted by molar-refractivity contribution is -0.354. The Balaban J connectivity index is 0.000000156. The number of carbonyl (C=O) groups excluding carboxylic acids is 3. The van der Waals surface area contributed by atoms with Crippen LogP contribution in [0.2, 0.25) is 0 Å². The van der Waals surface area contributed by atoms with E-state index in [0.717, 1.165) is 125 Å². The van der Waals surface area contributed by atoms with E-state index < -0.39 is 50.4 Å². The monoisotopic (exact) mass is 1610 g/mol. The van der Waals surface area contributed by atoms with Gasteiger partial charge in [-0.05, 0) is 199 Å². The highest BCUT2D eigenvalue weighted by Gasteiger charge is 2.72. The van der Waals surface area contributed by atoms with Gasteiger partial charge in [0, 0.05) is 125 Å². The van der Waals surface area contributed by atoms with E-state index in [-0.39, 0.29) is 102 Å². The van der Waals surface area contributed by atoms with Crippen molar-refractivity contribution in [3.8, 4) is 0 Å². The van der Waals surface area contributed by atoms with Crippen molar-refractivity contribution in [3.05, 3.63) is 37.0 Å². The van der Waals surface area contributed by atoms with Crippen LogP contribution >= 0.6 is 0 Å². The summed E-state index contributed by atoms with van der Waals surface area (Å²) in [6.45, 7) is 55.1. The molecule has 115 heavy (non-hydrogen) atoms. The zero-order valence-electron chi connectivity index (χ0n) is 75.7. The first-order valence-electron chi connectivity index (χ1n) is 46.1. The lowest BCUT2D eigenvalue weighted by atomic mass is 9.50. The van der Waals surface area contributed by atoms with Gasteiger partial charge in [-0.1, -0.05) is 157 Å². The second-order valence-electron chi connectivity index (χ2n) is 45.9. The fourth-order valence-corrected chi connectivity index (χ4v) is 27.6. The molecule has 22 unspecified atom stereocenters. The van der Waals surface area contributed by atoms with Gasteiger partial charge in [0.15, 0.2) is 37.7 Å². The van der Waals surface area contributed by atoms with E-state index >= 15 is 0 Å². The smallest absolute Gasteiger partial charge is 0.333 e. The maximum Gasteiger partial charge on any atom is 0.333 e. The predicted octanol–water partition coefficient (Wildman–Crippen LogP) is 20.7. The maximum absolute atomic E-state index is 13.2. The molecule has 0 aromatic heterocycles. The molecule has 0 spiro atoms. The molecule has 18 nitrogen and oxygen atoms in total. The summed E-state index contributed by atoms with van der Waals surface area (Å²) in [5.74, 6) is 8.16. The Kier molecular flexibility index (Phi) is 26.6. The van der Waals surface area contributed by atoms with E-state index in [1.165, 1.54) is 70.3 Å². The molecule has 654 valence electrons. The van der Waals surface area contributed by atoms with Gasteiger partial charge in [-0.2, -0.15) is 0 Å². The number of ether oxygens (including phenoxy) is 15. The lowest BCUT2D eigenvalue weighted by Crippen LogP contribution is -2.69. The maximum atomic E-state index is 13.2. The number of fused-ring (bicyclic) bond motifs is 10. The molecule has 18 aliphatic rings. The summed E-state index contributed by atoms with van der Waals surface area (Å²) in [4.78, 5) is 38.3. The molecule has 0 aliphatic heterocycles. The van der Waals surface area contributed by atoms with Gasteiger partial charge >= 0.3 is 17.9 Å². The summed E-state index contributed by atoms with van der Waals surface area (Å²) in [5, 5.41) is 0. The van der Waals surface area contributed by atoms with Crippen LogP contribution in [0.4, 0.5) is 0 Å². The topological polar surface area (TPSA) is 190 Å². The predicted molar refractivity (Wildman–Crippen MR) is 443 cm³/mol. The van der Waals surface area contributed by atoms with Gasteiger partial charge in [-0.15, -0.1) is 0 Å². The normalized spacial score (nSPS) is 41.3. The van der Waals surface area contributed by atoms with Gasteiger partial charge in [0.2, 0.25) is 0 Å². The van der Waals surface area contributed by atoms with Crippen LogP contribution in [-0.4, -0.2) is 146 Å². The molecule has 0 saturated heterocycles. The van der Waals surface area contributed by atoms with Gasteiger partial charge in [-0.25, -0.2) is 14.4 Å². The van der Waals surface area contributed by atoms with E-state index in [9.17, 15) is 14.4 Å². The van der Waals surface area contributed by atoms with Crippen molar-refractivity contribution >= 4 is 17.9 Å². The third kappa shape index (κ3) is 19.7. The Morgan fingerprint density at radius 2 is 0.626 bits per heavy atom. The fraction of sp³-hybridized carbons (Fsp3) is 0.907. The molecule has 18 fully saturated rings. The molecule has 18 aliphatic carbocycles. The molecule has 18 rings (SSSR count).